The van der Waals surface area contributed by atoms with Gasteiger partial charge in [-0.1, -0.05) is 20.3 Å². The topological polar surface area (TPSA) is 43.1 Å². The SMILES string of the molecule is CC1(C)CCCC1C(=O)c1ccc(N)c(F)c1. The van der Waals surface area contributed by atoms with Crippen LogP contribution in [0.3, 0.4) is 0 Å². The first-order valence-electron chi connectivity index (χ1n) is 6.01. The van der Waals surface area contributed by atoms with Gasteiger partial charge in [0.25, 0.3) is 0 Å². The van der Waals surface area contributed by atoms with Gasteiger partial charge in [0.05, 0.1) is 5.69 Å². The molecule has 0 aromatic heterocycles. The van der Waals surface area contributed by atoms with Gasteiger partial charge in [-0.15, -0.1) is 0 Å². The van der Waals surface area contributed by atoms with Crippen LogP contribution in [0, 0.1) is 17.2 Å². The molecule has 1 fully saturated rings. The number of hydrogen-bond donors (Lipinski definition) is 1. The maximum atomic E-state index is 13.3. The molecule has 0 spiro atoms. The van der Waals surface area contributed by atoms with Crippen LogP contribution < -0.4 is 5.73 Å². The number of nitrogens with two attached hydrogens (primary N) is 1. The zero-order valence-electron chi connectivity index (χ0n) is 10.3. The van der Waals surface area contributed by atoms with Gasteiger partial charge in [-0.2, -0.15) is 0 Å². The Kier molecular flexibility index (Phi) is 2.94. The van der Waals surface area contributed by atoms with Crippen LogP contribution in [0.2, 0.25) is 0 Å². The number of carbonyl (C=O) groups excluding carboxylic acids is 1. The summed E-state index contributed by atoms with van der Waals surface area (Å²) in [7, 11) is 0. The van der Waals surface area contributed by atoms with Crippen LogP contribution in [0.1, 0.15) is 43.5 Å². The van der Waals surface area contributed by atoms with Crippen LogP contribution in [-0.2, 0) is 0 Å². The lowest BCUT2D eigenvalue weighted by Crippen LogP contribution is -2.26. The second-order valence-corrected chi connectivity index (χ2v) is 5.53. The number of nitrogen functional groups attached to an aromatic ring is 1. The Balaban J connectivity index is 2.28. The lowest BCUT2D eigenvalue weighted by atomic mass is 9.78. The molecule has 0 aliphatic heterocycles. The van der Waals surface area contributed by atoms with Crippen LogP contribution in [0.4, 0.5) is 10.1 Å². The predicted octanol–water partition coefficient (Wildman–Crippen LogP) is 3.42. The maximum Gasteiger partial charge on any atom is 0.166 e. The molecule has 1 aliphatic carbocycles. The molecule has 0 radical (unpaired) electrons. The van der Waals surface area contributed by atoms with Crippen molar-refractivity contribution in [1.82, 2.24) is 0 Å². The van der Waals surface area contributed by atoms with Crippen molar-refractivity contribution in [3.63, 3.8) is 0 Å². The molecule has 1 aliphatic rings. The van der Waals surface area contributed by atoms with Crippen LogP contribution >= 0.6 is 0 Å². The number of rotatable bonds is 2. The van der Waals surface area contributed by atoms with Crippen LogP contribution in [0.25, 0.3) is 0 Å². The summed E-state index contributed by atoms with van der Waals surface area (Å²) in [5.41, 5.74) is 5.96. The van der Waals surface area contributed by atoms with Crippen molar-refractivity contribution in [2.45, 2.75) is 33.1 Å². The normalized spacial score (nSPS) is 22.6. The van der Waals surface area contributed by atoms with E-state index in [2.05, 4.69) is 13.8 Å². The number of carbonyl (C=O) groups is 1. The number of Topliss-reactive ketones (excluding diaryl/α,β-unsaturated/α-hetero) is 1. The monoisotopic (exact) mass is 235 g/mol. The zero-order chi connectivity index (χ0) is 12.6. The van der Waals surface area contributed by atoms with Crippen LogP contribution in [0.15, 0.2) is 18.2 Å². The molecule has 1 unspecified atom stereocenters. The van der Waals surface area contributed by atoms with Gasteiger partial charge in [-0.25, -0.2) is 4.39 Å². The molecule has 3 heteroatoms. The summed E-state index contributed by atoms with van der Waals surface area (Å²) in [6.07, 6.45) is 3.03. The van der Waals surface area contributed by atoms with Gasteiger partial charge in [-0.3, -0.25) is 4.79 Å². The van der Waals surface area contributed by atoms with Crippen molar-refractivity contribution in [2.24, 2.45) is 11.3 Å². The lowest BCUT2D eigenvalue weighted by Gasteiger charge is -2.25. The van der Waals surface area contributed by atoms with E-state index in [4.69, 9.17) is 5.73 Å². The Labute approximate surface area is 101 Å². The fourth-order valence-electron chi connectivity index (χ4n) is 2.69. The fourth-order valence-corrected chi connectivity index (χ4v) is 2.69. The molecule has 2 rings (SSSR count). The van der Waals surface area contributed by atoms with Crippen LogP contribution in [-0.4, -0.2) is 5.78 Å². The summed E-state index contributed by atoms with van der Waals surface area (Å²) in [5.74, 6) is -0.455. The van der Waals surface area contributed by atoms with Gasteiger partial charge in [0.15, 0.2) is 5.78 Å². The molecule has 92 valence electrons. The van der Waals surface area contributed by atoms with E-state index in [9.17, 15) is 9.18 Å². The molecule has 1 atom stereocenters. The van der Waals surface area contributed by atoms with Crippen molar-refractivity contribution in [3.05, 3.63) is 29.6 Å². The molecule has 0 bridgehead atoms. The van der Waals surface area contributed by atoms with Crippen molar-refractivity contribution < 1.29 is 9.18 Å². The third-order valence-electron chi connectivity index (χ3n) is 3.86. The number of anilines is 1. The molecule has 1 aromatic carbocycles. The van der Waals surface area contributed by atoms with E-state index in [-0.39, 0.29) is 22.8 Å². The van der Waals surface area contributed by atoms with Gasteiger partial charge in [0.1, 0.15) is 5.82 Å². The third kappa shape index (κ3) is 2.19. The Morgan fingerprint density at radius 2 is 2.18 bits per heavy atom. The van der Waals surface area contributed by atoms with Gasteiger partial charge < -0.3 is 5.73 Å². The summed E-state index contributed by atoms with van der Waals surface area (Å²) in [6, 6.07) is 4.34. The minimum atomic E-state index is -0.508. The minimum Gasteiger partial charge on any atom is -0.396 e. The van der Waals surface area contributed by atoms with Gasteiger partial charge in [0.2, 0.25) is 0 Å². The molecular formula is C14H18FNO. The average Bonchev–Trinajstić information content (AvgIpc) is 2.61. The molecule has 0 saturated heterocycles. The summed E-state index contributed by atoms with van der Waals surface area (Å²) in [5, 5.41) is 0. The van der Waals surface area contributed by atoms with Crippen molar-refractivity contribution in [1.29, 1.82) is 0 Å². The number of benzene rings is 1. The highest BCUT2D eigenvalue weighted by atomic mass is 19.1. The Morgan fingerprint density at radius 1 is 1.47 bits per heavy atom. The van der Waals surface area contributed by atoms with Crippen molar-refractivity contribution >= 4 is 11.5 Å². The first-order chi connectivity index (χ1) is 7.92. The molecule has 2 N–H and O–H groups in total. The highest BCUT2D eigenvalue weighted by molar-refractivity contribution is 5.98. The quantitative estimate of drug-likeness (QED) is 0.630. The smallest absolute Gasteiger partial charge is 0.166 e. The van der Waals surface area contributed by atoms with Crippen molar-refractivity contribution in [2.75, 3.05) is 5.73 Å². The summed E-state index contributed by atoms with van der Waals surface area (Å²) in [4.78, 5) is 12.3. The Hall–Kier alpha value is -1.38. The molecule has 17 heavy (non-hydrogen) atoms. The molecular weight excluding hydrogens is 217 g/mol. The van der Waals surface area contributed by atoms with E-state index in [1.54, 1.807) is 6.07 Å². The van der Waals surface area contributed by atoms with E-state index in [1.807, 2.05) is 0 Å². The Bertz CT molecular complexity index is 454. The lowest BCUT2D eigenvalue weighted by molar-refractivity contribution is 0.0838. The highest BCUT2D eigenvalue weighted by Gasteiger charge is 2.39. The second kappa shape index (κ2) is 4.13. The number of ketones is 1. The maximum absolute atomic E-state index is 13.3. The molecule has 2 nitrogen and oxygen atoms in total. The number of hydrogen-bond acceptors (Lipinski definition) is 2. The zero-order valence-corrected chi connectivity index (χ0v) is 10.3. The van der Waals surface area contributed by atoms with E-state index >= 15 is 0 Å². The fraction of sp³-hybridized carbons (Fsp3) is 0.500. The molecule has 1 saturated carbocycles. The van der Waals surface area contributed by atoms with E-state index in [1.165, 1.54) is 12.1 Å². The minimum absolute atomic E-state index is 0.00512. The van der Waals surface area contributed by atoms with E-state index in [0.717, 1.165) is 19.3 Å². The molecule has 0 amide bonds. The van der Waals surface area contributed by atoms with Gasteiger partial charge in [0, 0.05) is 11.5 Å². The highest BCUT2D eigenvalue weighted by Crippen LogP contribution is 2.44. The third-order valence-corrected chi connectivity index (χ3v) is 3.86. The molecule has 1 aromatic rings. The van der Waals surface area contributed by atoms with E-state index in [0.29, 0.717) is 5.56 Å². The first-order valence-corrected chi connectivity index (χ1v) is 6.01. The van der Waals surface area contributed by atoms with Gasteiger partial charge >= 0.3 is 0 Å². The van der Waals surface area contributed by atoms with E-state index < -0.39 is 5.82 Å². The summed E-state index contributed by atoms with van der Waals surface area (Å²) < 4.78 is 13.3. The average molecular weight is 235 g/mol. The van der Waals surface area contributed by atoms with Crippen molar-refractivity contribution in [3.8, 4) is 0 Å². The Morgan fingerprint density at radius 3 is 2.71 bits per heavy atom. The summed E-state index contributed by atoms with van der Waals surface area (Å²) >= 11 is 0. The predicted molar refractivity (Wildman–Crippen MR) is 66.3 cm³/mol. The standard InChI is InChI=1S/C14H18FNO/c1-14(2)7-3-4-10(14)13(17)9-5-6-12(16)11(15)8-9/h5-6,8,10H,3-4,7,16H2,1-2H3. The van der Waals surface area contributed by atoms with Gasteiger partial charge in [-0.05, 0) is 36.5 Å². The van der Waals surface area contributed by atoms with Crippen LogP contribution in [0.5, 0.6) is 0 Å². The second-order valence-electron chi connectivity index (χ2n) is 5.53. The first kappa shape index (κ1) is 12.1. The summed E-state index contributed by atoms with van der Waals surface area (Å²) in [6.45, 7) is 4.21. The number of halogens is 1. The largest absolute Gasteiger partial charge is 0.396 e. The molecule has 0 heterocycles.